The molecule has 0 fully saturated rings. The zero-order valence-electron chi connectivity index (χ0n) is 10.2. The van der Waals surface area contributed by atoms with E-state index in [1.165, 1.54) is 17.5 Å². The van der Waals surface area contributed by atoms with Gasteiger partial charge in [-0.3, -0.25) is 4.79 Å². The minimum atomic E-state index is -4.68. The molecule has 1 aromatic heterocycles. The summed E-state index contributed by atoms with van der Waals surface area (Å²) in [5, 5.41) is 12.5. The van der Waals surface area contributed by atoms with Gasteiger partial charge in [-0.05, 0) is 18.2 Å². The lowest BCUT2D eigenvalue weighted by molar-refractivity contribution is -0.137. The molecule has 1 heterocycles. The molecule has 0 saturated heterocycles. The van der Waals surface area contributed by atoms with Crippen molar-refractivity contribution >= 4 is 28.1 Å². The van der Waals surface area contributed by atoms with Gasteiger partial charge < -0.3 is 11.1 Å². The first-order valence-electron chi connectivity index (χ1n) is 5.45. The summed E-state index contributed by atoms with van der Waals surface area (Å²) in [6.45, 7) is 0. The number of nitrogen functional groups attached to an aromatic ring is 1. The highest BCUT2D eigenvalue weighted by Gasteiger charge is 2.34. The van der Waals surface area contributed by atoms with E-state index in [1.54, 1.807) is 0 Å². The monoisotopic (exact) mass is 312 g/mol. The zero-order chi connectivity index (χ0) is 15.6. The average molecular weight is 312 g/mol. The molecule has 0 unspecified atom stereocenters. The van der Waals surface area contributed by atoms with Crippen LogP contribution in [0.4, 0.5) is 24.0 Å². The second-order valence-electron chi connectivity index (χ2n) is 3.90. The number of hydrogen-bond donors (Lipinski definition) is 2. The molecule has 21 heavy (non-hydrogen) atoms. The van der Waals surface area contributed by atoms with Gasteiger partial charge in [-0.1, -0.05) is 0 Å². The van der Waals surface area contributed by atoms with Crippen LogP contribution in [0.1, 0.15) is 21.6 Å². The quantitative estimate of drug-likeness (QED) is 0.892. The molecule has 2 rings (SSSR count). The lowest BCUT2D eigenvalue weighted by Gasteiger charge is -2.11. The van der Waals surface area contributed by atoms with Gasteiger partial charge in [-0.2, -0.15) is 18.4 Å². The van der Waals surface area contributed by atoms with Crippen LogP contribution in [-0.2, 0) is 6.18 Å². The number of carbonyl (C=O) groups is 1. The molecule has 2 aromatic rings. The zero-order valence-corrected chi connectivity index (χ0v) is 11.0. The Morgan fingerprint density at radius 1 is 1.43 bits per heavy atom. The number of nitriles is 1. The maximum Gasteiger partial charge on any atom is 0.417 e. The van der Waals surface area contributed by atoms with Gasteiger partial charge in [0.15, 0.2) is 5.13 Å². The molecule has 5 nitrogen and oxygen atoms in total. The summed E-state index contributed by atoms with van der Waals surface area (Å²) < 4.78 is 38.4. The van der Waals surface area contributed by atoms with Crippen LogP contribution in [0.3, 0.4) is 0 Å². The largest absolute Gasteiger partial charge is 0.417 e. The number of nitrogens with zero attached hydrogens (tertiary/aromatic N) is 2. The molecular weight excluding hydrogens is 305 g/mol. The number of aromatic nitrogens is 1. The van der Waals surface area contributed by atoms with E-state index in [0.29, 0.717) is 6.07 Å². The Balaban J connectivity index is 2.30. The van der Waals surface area contributed by atoms with Crippen molar-refractivity contribution in [2.24, 2.45) is 0 Å². The predicted octanol–water partition coefficient (Wildman–Crippen LogP) is 2.87. The third kappa shape index (κ3) is 3.29. The Hall–Kier alpha value is -2.60. The van der Waals surface area contributed by atoms with Crippen molar-refractivity contribution in [3.05, 3.63) is 40.4 Å². The number of amides is 1. The summed E-state index contributed by atoms with van der Waals surface area (Å²) in [7, 11) is 0. The first-order chi connectivity index (χ1) is 9.81. The molecule has 0 aliphatic heterocycles. The molecule has 3 N–H and O–H groups in total. The molecule has 0 radical (unpaired) electrons. The number of anilines is 2. The first kappa shape index (κ1) is 14.8. The molecule has 1 aromatic carbocycles. The normalized spacial score (nSPS) is 11.0. The van der Waals surface area contributed by atoms with E-state index in [9.17, 15) is 18.0 Å². The number of halogens is 3. The van der Waals surface area contributed by atoms with E-state index in [1.807, 2.05) is 0 Å². The van der Waals surface area contributed by atoms with Crippen molar-refractivity contribution in [2.45, 2.75) is 6.18 Å². The van der Waals surface area contributed by atoms with Crippen molar-refractivity contribution in [3.63, 3.8) is 0 Å². The van der Waals surface area contributed by atoms with Crippen molar-refractivity contribution in [1.82, 2.24) is 4.98 Å². The van der Waals surface area contributed by atoms with Gasteiger partial charge in [0.1, 0.15) is 5.69 Å². The minimum absolute atomic E-state index is 0.00965. The smallest absolute Gasteiger partial charge is 0.375 e. The third-order valence-corrected chi connectivity index (χ3v) is 3.13. The molecular formula is C12H7F3N4OS. The second kappa shape index (κ2) is 5.41. The SMILES string of the molecule is N#Cc1ccc(NC(=O)c2csc(N)n2)cc1C(F)(F)F. The molecule has 0 bridgehead atoms. The van der Waals surface area contributed by atoms with E-state index >= 15 is 0 Å². The highest BCUT2D eigenvalue weighted by molar-refractivity contribution is 7.13. The Bertz CT molecular complexity index is 733. The third-order valence-electron chi connectivity index (χ3n) is 2.46. The van der Waals surface area contributed by atoms with Crippen LogP contribution >= 0.6 is 11.3 Å². The van der Waals surface area contributed by atoms with E-state index < -0.39 is 23.2 Å². The van der Waals surface area contributed by atoms with Crippen molar-refractivity contribution in [1.29, 1.82) is 5.26 Å². The molecule has 1 amide bonds. The Morgan fingerprint density at radius 3 is 2.67 bits per heavy atom. The topological polar surface area (TPSA) is 91.8 Å². The summed E-state index contributed by atoms with van der Waals surface area (Å²) in [6, 6.07) is 4.36. The summed E-state index contributed by atoms with van der Waals surface area (Å²) >= 11 is 1.04. The maximum atomic E-state index is 12.8. The van der Waals surface area contributed by atoms with Gasteiger partial charge in [0.2, 0.25) is 0 Å². The number of benzene rings is 1. The van der Waals surface area contributed by atoms with Crippen molar-refractivity contribution < 1.29 is 18.0 Å². The van der Waals surface area contributed by atoms with Crippen molar-refractivity contribution in [2.75, 3.05) is 11.1 Å². The number of nitrogens with two attached hydrogens (primary N) is 1. The highest BCUT2D eigenvalue weighted by atomic mass is 32.1. The van der Waals surface area contributed by atoms with E-state index in [2.05, 4.69) is 10.3 Å². The van der Waals surface area contributed by atoms with Gasteiger partial charge >= 0.3 is 6.18 Å². The van der Waals surface area contributed by atoms with E-state index in [4.69, 9.17) is 11.0 Å². The Labute approximate surface area is 120 Å². The van der Waals surface area contributed by atoms with Gasteiger partial charge in [0, 0.05) is 11.1 Å². The number of rotatable bonds is 2. The molecule has 0 saturated carbocycles. The predicted molar refractivity (Wildman–Crippen MR) is 70.6 cm³/mol. The number of nitrogens with one attached hydrogen (secondary N) is 1. The van der Waals surface area contributed by atoms with Gasteiger partial charge in [0.05, 0.1) is 17.2 Å². The second-order valence-corrected chi connectivity index (χ2v) is 4.78. The van der Waals surface area contributed by atoms with Gasteiger partial charge in [0.25, 0.3) is 5.91 Å². The van der Waals surface area contributed by atoms with Crippen LogP contribution in [0.25, 0.3) is 0 Å². The fraction of sp³-hybridized carbons (Fsp3) is 0.0833. The molecule has 108 valence electrons. The Morgan fingerprint density at radius 2 is 2.14 bits per heavy atom. The summed E-state index contributed by atoms with van der Waals surface area (Å²) in [5.74, 6) is -0.680. The standard InChI is InChI=1S/C12H7F3N4OS/c13-12(14,15)8-3-7(2-1-6(8)4-16)18-10(20)9-5-21-11(17)19-9/h1-3,5H,(H2,17,19)(H,18,20). The van der Waals surface area contributed by atoms with Crippen LogP contribution in [0.15, 0.2) is 23.6 Å². The average Bonchev–Trinajstić information content (AvgIpc) is 2.84. The van der Waals surface area contributed by atoms with Crippen LogP contribution in [0.2, 0.25) is 0 Å². The molecule has 0 spiro atoms. The van der Waals surface area contributed by atoms with Gasteiger partial charge in [-0.15, -0.1) is 11.3 Å². The fourth-order valence-electron chi connectivity index (χ4n) is 1.54. The maximum absolute atomic E-state index is 12.8. The van der Waals surface area contributed by atoms with Crippen LogP contribution < -0.4 is 11.1 Å². The minimum Gasteiger partial charge on any atom is -0.375 e. The highest BCUT2D eigenvalue weighted by Crippen LogP contribution is 2.33. The van der Waals surface area contributed by atoms with Crippen LogP contribution in [0.5, 0.6) is 0 Å². The summed E-state index contributed by atoms with van der Waals surface area (Å²) in [4.78, 5) is 15.5. The van der Waals surface area contributed by atoms with E-state index in [-0.39, 0.29) is 16.5 Å². The summed E-state index contributed by atoms with van der Waals surface area (Å²) in [6.07, 6.45) is -4.68. The number of thiazole rings is 1. The Kier molecular flexibility index (Phi) is 3.82. The van der Waals surface area contributed by atoms with E-state index in [0.717, 1.165) is 17.4 Å². The molecule has 0 atom stereocenters. The van der Waals surface area contributed by atoms with Gasteiger partial charge in [-0.25, -0.2) is 4.98 Å². The number of alkyl halides is 3. The first-order valence-corrected chi connectivity index (χ1v) is 6.33. The lowest BCUT2D eigenvalue weighted by atomic mass is 10.1. The summed E-state index contributed by atoms with van der Waals surface area (Å²) in [5.41, 5.74) is 3.67. The van der Waals surface area contributed by atoms with Crippen LogP contribution in [-0.4, -0.2) is 10.9 Å². The van der Waals surface area contributed by atoms with Crippen LogP contribution in [0, 0.1) is 11.3 Å². The van der Waals surface area contributed by atoms with Crippen molar-refractivity contribution in [3.8, 4) is 6.07 Å². The number of carbonyl (C=O) groups excluding carboxylic acids is 1. The molecule has 0 aliphatic rings. The lowest BCUT2D eigenvalue weighted by Crippen LogP contribution is -2.14. The molecule has 9 heteroatoms. The molecule has 0 aliphatic carbocycles. The number of hydrogen-bond acceptors (Lipinski definition) is 5. The fourth-order valence-corrected chi connectivity index (χ4v) is 2.08.